The zero-order valence-corrected chi connectivity index (χ0v) is 19.7. The molecule has 0 aromatic heterocycles. The van der Waals surface area contributed by atoms with Gasteiger partial charge >= 0.3 is 0 Å². The second-order valence-electron chi connectivity index (χ2n) is 7.74. The Labute approximate surface area is 199 Å². The topological polar surface area (TPSA) is 94.2 Å². The molecule has 3 aromatic carbocycles. The number of carbonyl (C=O) groups excluding carboxylic acids is 1. The predicted octanol–water partition coefficient (Wildman–Crippen LogP) is 3.16. The molecule has 34 heavy (non-hydrogen) atoms. The molecule has 0 fully saturated rings. The highest BCUT2D eigenvalue weighted by atomic mass is 32.2. The fourth-order valence-electron chi connectivity index (χ4n) is 3.57. The third-order valence-corrected chi connectivity index (χ3v) is 7.13. The molecule has 0 aliphatic carbocycles. The molecule has 1 aliphatic rings. The van der Waals surface area contributed by atoms with Crippen LogP contribution in [0.2, 0.25) is 0 Å². The number of fused-ring (bicyclic) bond motifs is 1. The molecule has 0 saturated carbocycles. The molecule has 3 aromatic rings. The quantitative estimate of drug-likeness (QED) is 0.496. The number of nitrogens with one attached hydrogen (secondary N) is 1. The third kappa shape index (κ3) is 5.09. The minimum absolute atomic E-state index is 0.140. The van der Waals surface area contributed by atoms with E-state index in [4.69, 9.17) is 14.2 Å². The lowest BCUT2D eigenvalue weighted by molar-refractivity contribution is -0.127. The van der Waals surface area contributed by atoms with Gasteiger partial charge in [-0.05, 0) is 61.0 Å². The van der Waals surface area contributed by atoms with Crippen LogP contribution < -0.4 is 23.8 Å². The SMILES string of the molecule is COc1ccc(OCCNC(=O)[C@@H]2CN(S(=O)(=O)c3ccccc3)c3ccc(C)cc3O2)cc1. The average molecular weight is 483 g/mol. The van der Waals surface area contributed by atoms with Crippen molar-refractivity contribution in [2.24, 2.45) is 0 Å². The molecular formula is C25H26N2O6S. The van der Waals surface area contributed by atoms with Crippen molar-refractivity contribution >= 4 is 21.6 Å². The van der Waals surface area contributed by atoms with Crippen LogP contribution in [0.25, 0.3) is 0 Å². The van der Waals surface area contributed by atoms with Gasteiger partial charge in [-0.15, -0.1) is 0 Å². The van der Waals surface area contributed by atoms with E-state index < -0.39 is 22.0 Å². The van der Waals surface area contributed by atoms with Crippen LogP contribution in [0.4, 0.5) is 5.69 Å². The summed E-state index contributed by atoms with van der Waals surface area (Å²) in [5.41, 5.74) is 1.30. The molecule has 1 atom stereocenters. The van der Waals surface area contributed by atoms with Crippen LogP contribution in [0.1, 0.15) is 5.56 Å². The summed E-state index contributed by atoms with van der Waals surface area (Å²) in [6, 6.07) is 20.5. The molecular weight excluding hydrogens is 456 g/mol. The molecule has 9 heteroatoms. The van der Waals surface area contributed by atoms with Crippen LogP contribution in [-0.2, 0) is 14.8 Å². The smallest absolute Gasteiger partial charge is 0.264 e. The minimum atomic E-state index is -3.88. The number of nitrogens with zero attached hydrogens (tertiary/aromatic N) is 1. The summed E-state index contributed by atoms with van der Waals surface area (Å²) in [6.07, 6.45) is -1.01. The van der Waals surface area contributed by atoms with Crippen LogP contribution in [0.5, 0.6) is 17.2 Å². The molecule has 1 aliphatic heterocycles. The Bertz CT molecular complexity index is 1250. The second-order valence-corrected chi connectivity index (χ2v) is 9.60. The first-order chi connectivity index (χ1) is 16.4. The lowest BCUT2D eigenvalue weighted by Crippen LogP contribution is -2.51. The highest BCUT2D eigenvalue weighted by Gasteiger charge is 2.37. The molecule has 178 valence electrons. The van der Waals surface area contributed by atoms with Crippen LogP contribution >= 0.6 is 0 Å². The molecule has 1 heterocycles. The van der Waals surface area contributed by atoms with Crippen molar-refractivity contribution in [3.05, 3.63) is 78.4 Å². The zero-order valence-electron chi connectivity index (χ0n) is 18.9. The van der Waals surface area contributed by atoms with Gasteiger partial charge in [0.05, 0.1) is 30.8 Å². The maximum atomic E-state index is 13.4. The Kier molecular flexibility index (Phi) is 6.93. The number of hydrogen-bond donors (Lipinski definition) is 1. The lowest BCUT2D eigenvalue weighted by Gasteiger charge is -2.35. The monoisotopic (exact) mass is 482 g/mol. The van der Waals surface area contributed by atoms with Gasteiger partial charge in [0, 0.05) is 0 Å². The number of carbonyl (C=O) groups is 1. The van der Waals surface area contributed by atoms with Gasteiger partial charge < -0.3 is 19.5 Å². The van der Waals surface area contributed by atoms with Crippen LogP contribution in [0.3, 0.4) is 0 Å². The van der Waals surface area contributed by atoms with Crippen molar-refractivity contribution in [1.29, 1.82) is 0 Å². The molecule has 0 radical (unpaired) electrons. The number of hydrogen-bond acceptors (Lipinski definition) is 6. The first-order valence-electron chi connectivity index (χ1n) is 10.8. The van der Waals surface area contributed by atoms with Crippen LogP contribution in [-0.4, -0.2) is 47.2 Å². The normalized spacial score (nSPS) is 15.1. The molecule has 4 rings (SSSR count). The first-order valence-corrected chi connectivity index (χ1v) is 12.2. The van der Waals surface area contributed by atoms with Gasteiger partial charge in [0.2, 0.25) is 0 Å². The Hall–Kier alpha value is -3.72. The largest absolute Gasteiger partial charge is 0.497 e. The molecule has 0 unspecified atom stereocenters. The van der Waals surface area contributed by atoms with Gasteiger partial charge in [-0.1, -0.05) is 24.3 Å². The highest BCUT2D eigenvalue weighted by Crippen LogP contribution is 2.37. The number of aryl methyl sites for hydroxylation is 1. The van der Waals surface area contributed by atoms with E-state index in [9.17, 15) is 13.2 Å². The molecule has 1 N–H and O–H groups in total. The van der Waals surface area contributed by atoms with E-state index in [1.807, 2.05) is 13.0 Å². The van der Waals surface area contributed by atoms with E-state index in [0.29, 0.717) is 17.2 Å². The van der Waals surface area contributed by atoms with E-state index >= 15 is 0 Å². The lowest BCUT2D eigenvalue weighted by atomic mass is 10.1. The standard InChI is InChI=1S/C25H26N2O6S/c1-18-8-13-22-23(16-18)33-24(17-27(22)34(29,30)21-6-4-3-5-7-21)25(28)26-14-15-32-20-11-9-19(31-2)10-12-20/h3-13,16,24H,14-15,17H2,1-2H3,(H,26,28)/t24-/m0/s1. The number of ether oxygens (including phenoxy) is 3. The summed E-state index contributed by atoms with van der Waals surface area (Å²) in [5, 5.41) is 2.77. The summed E-state index contributed by atoms with van der Waals surface area (Å²) in [4.78, 5) is 13.0. The molecule has 8 nitrogen and oxygen atoms in total. The van der Waals surface area contributed by atoms with Gasteiger partial charge in [-0.25, -0.2) is 8.42 Å². The Morgan fingerprint density at radius 3 is 2.47 bits per heavy atom. The Morgan fingerprint density at radius 2 is 1.76 bits per heavy atom. The minimum Gasteiger partial charge on any atom is -0.497 e. The van der Waals surface area contributed by atoms with Crippen molar-refractivity contribution < 1.29 is 27.4 Å². The fraction of sp³-hybridized carbons (Fsp3) is 0.240. The summed E-state index contributed by atoms with van der Waals surface area (Å²) in [7, 11) is -2.30. The Balaban J connectivity index is 1.45. The summed E-state index contributed by atoms with van der Waals surface area (Å²) >= 11 is 0. The molecule has 1 amide bonds. The van der Waals surface area contributed by atoms with Crippen molar-refractivity contribution in [3.63, 3.8) is 0 Å². The van der Waals surface area contributed by atoms with Crippen molar-refractivity contribution in [2.45, 2.75) is 17.9 Å². The van der Waals surface area contributed by atoms with Gasteiger partial charge in [0.15, 0.2) is 6.10 Å². The molecule has 0 spiro atoms. The number of sulfonamides is 1. The molecule has 0 bridgehead atoms. The predicted molar refractivity (Wildman–Crippen MR) is 128 cm³/mol. The maximum Gasteiger partial charge on any atom is 0.264 e. The summed E-state index contributed by atoms with van der Waals surface area (Å²) in [5.74, 6) is 1.30. The first kappa shape index (κ1) is 23.4. The Morgan fingerprint density at radius 1 is 1.06 bits per heavy atom. The van der Waals surface area contributed by atoms with E-state index in [1.165, 1.54) is 16.4 Å². The number of rotatable bonds is 8. The van der Waals surface area contributed by atoms with Crippen LogP contribution in [0.15, 0.2) is 77.7 Å². The summed E-state index contributed by atoms with van der Waals surface area (Å²) < 4.78 is 44.6. The van der Waals surface area contributed by atoms with Gasteiger partial charge in [-0.2, -0.15) is 0 Å². The second kappa shape index (κ2) is 10.0. The van der Waals surface area contributed by atoms with Gasteiger partial charge in [0.1, 0.15) is 23.9 Å². The van der Waals surface area contributed by atoms with E-state index in [-0.39, 0.29) is 24.6 Å². The van der Waals surface area contributed by atoms with E-state index in [0.717, 1.165) is 11.3 Å². The number of amides is 1. The highest BCUT2D eigenvalue weighted by molar-refractivity contribution is 7.92. The maximum absolute atomic E-state index is 13.4. The van der Waals surface area contributed by atoms with E-state index in [1.54, 1.807) is 61.7 Å². The van der Waals surface area contributed by atoms with Gasteiger partial charge in [0.25, 0.3) is 15.9 Å². The third-order valence-electron chi connectivity index (χ3n) is 5.34. The van der Waals surface area contributed by atoms with Crippen molar-refractivity contribution in [1.82, 2.24) is 5.32 Å². The molecule has 0 saturated heterocycles. The average Bonchev–Trinajstić information content (AvgIpc) is 2.86. The van der Waals surface area contributed by atoms with Crippen molar-refractivity contribution in [2.75, 3.05) is 31.1 Å². The number of anilines is 1. The zero-order chi connectivity index (χ0) is 24.1. The van der Waals surface area contributed by atoms with E-state index in [2.05, 4.69) is 5.32 Å². The number of methoxy groups -OCH3 is 1. The van der Waals surface area contributed by atoms with Gasteiger partial charge in [-0.3, -0.25) is 9.10 Å². The fourth-order valence-corrected chi connectivity index (χ4v) is 5.07. The van der Waals surface area contributed by atoms with Crippen LogP contribution in [0, 0.1) is 6.92 Å². The summed E-state index contributed by atoms with van der Waals surface area (Å²) in [6.45, 7) is 2.21. The van der Waals surface area contributed by atoms with Crippen molar-refractivity contribution in [3.8, 4) is 17.2 Å². The number of benzene rings is 3.